The molecule has 0 atom stereocenters. The Morgan fingerprint density at radius 3 is 2.40 bits per heavy atom. The number of aryl methyl sites for hydroxylation is 1. The molecule has 0 spiro atoms. The SMILES string of the molecule is O=C(/C=C/c1cccc(Cl)c1)CCc1cccc(Cl)c1. The van der Waals surface area contributed by atoms with Gasteiger partial charge in [0, 0.05) is 16.5 Å². The van der Waals surface area contributed by atoms with Gasteiger partial charge >= 0.3 is 0 Å². The standard InChI is InChI=1S/C17H14Cl2O/c18-15-5-1-3-13(11-15)7-9-17(20)10-8-14-4-2-6-16(19)12-14/h1-7,9,11-12H,8,10H2/b9-7+. The lowest BCUT2D eigenvalue weighted by atomic mass is 10.1. The molecule has 0 heterocycles. The molecule has 0 unspecified atom stereocenters. The molecule has 0 aliphatic rings. The number of benzene rings is 2. The molecule has 102 valence electrons. The summed E-state index contributed by atoms with van der Waals surface area (Å²) < 4.78 is 0. The van der Waals surface area contributed by atoms with Crippen LogP contribution < -0.4 is 0 Å². The number of ketones is 1. The van der Waals surface area contributed by atoms with Crippen molar-refractivity contribution >= 4 is 35.1 Å². The van der Waals surface area contributed by atoms with Gasteiger partial charge in [0.2, 0.25) is 0 Å². The summed E-state index contributed by atoms with van der Waals surface area (Å²) in [6.07, 6.45) is 4.54. The second-order valence-corrected chi connectivity index (χ2v) is 5.36. The van der Waals surface area contributed by atoms with Crippen LogP contribution in [0.1, 0.15) is 17.5 Å². The lowest BCUT2D eigenvalue weighted by Gasteiger charge is -1.99. The van der Waals surface area contributed by atoms with Crippen LogP contribution in [-0.2, 0) is 11.2 Å². The zero-order valence-corrected chi connectivity index (χ0v) is 12.4. The zero-order valence-electron chi connectivity index (χ0n) is 10.9. The lowest BCUT2D eigenvalue weighted by Crippen LogP contribution is -1.95. The van der Waals surface area contributed by atoms with E-state index in [0.29, 0.717) is 22.9 Å². The summed E-state index contributed by atoms with van der Waals surface area (Å²) in [4.78, 5) is 11.8. The van der Waals surface area contributed by atoms with Crippen LogP contribution >= 0.6 is 23.2 Å². The highest BCUT2D eigenvalue weighted by Crippen LogP contribution is 2.14. The molecule has 0 aromatic heterocycles. The molecule has 3 heteroatoms. The van der Waals surface area contributed by atoms with Gasteiger partial charge in [-0.2, -0.15) is 0 Å². The van der Waals surface area contributed by atoms with Crippen molar-refractivity contribution in [2.45, 2.75) is 12.8 Å². The number of halogens is 2. The Labute approximate surface area is 128 Å². The van der Waals surface area contributed by atoms with E-state index in [-0.39, 0.29) is 5.78 Å². The second-order valence-electron chi connectivity index (χ2n) is 4.48. The fraction of sp³-hybridized carbons (Fsp3) is 0.118. The number of carbonyl (C=O) groups excluding carboxylic acids is 1. The van der Waals surface area contributed by atoms with Gasteiger partial charge in [-0.1, -0.05) is 53.5 Å². The van der Waals surface area contributed by atoms with Crippen molar-refractivity contribution < 1.29 is 4.79 Å². The third-order valence-electron chi connectivity index (χ3n) is 2.86. The zero-order chi connectivity index (χ0) is 14.4. The van der Waals surface area contributed by atoms with Crippen molar-refractivity contribution in [2.24, 2.45) is 0 Å². The van der Waals surface area contributed by atoms with Gasteiger partial charge in [0.1, 0.15) is 0 Å². The molecular formula is C17H14Cl2O. The largest absolute Gasteiger partial charge is 0.295 e. The average molecular weight is 305 g/mol. The highest BCUT2D eigenvalue weighted by molar-refractivity contribution is 6.31. The van der Waals surface area contributed by atoms with Crippen LogP contribution in [0.15, 0.2) is 54.6 Å². The minimum absolute atomic E-state index is 0.0879. The van der Waals surface area contributed by atoms with E-state index < -0.39 is 0 Å². The molecule has 0 radical (unpaired) electrons. The summed E-state index contributed by atoms with van der Waals surface area (Å²) in [6, 6.07) is 15.0. The Bertz CT molecular complexity index is 632. The van der Waals surface area contributed by atoms with Crippen LogP contribution in [0.5, 0.6) is 0 Å². The quantitative estimate of drug-likeness (QED) is 0.693. The molecular weight excluding hydrogens is 291 g/mol. The monoisotopic (exact) mass is 304 g/mol. The van der Waals surface area contributed by atoms with Gasteiger partial charge in [0.15, 0.2) is 5.78 Å². The molecule has 0 aliphatic carbocycles. The second kappa shape index (κ2) is 7.28. The summed E-state index contributed by atoms with van der Waals surface area (Å²) in [5, 5.41) is 1.36. The van der Waals surface area contributed by atoms with E-state index in [1.54, 1.807) is 18.2 Å². The molecule has 0 N–H and O–H groups in total. The van der Waals surface area contributed by atoms with Crippen molar-refractivity contribution in [3.63, 3.8) is 0 Å². The molecule has 2 rings (SSSR count). The first-order chi connectivity index (χ1) is 9.63. The minimum atomic E-state index is 0.0879. The van der Waals surface area contributed by atoms with Crippen molar-refractivity contribution in [2.75, 3.05) is 0 Å². The van der Waals surface area contributed by atoms with Crippen LogP contribution in [0, 0.1) is 0 Å². The Morgan fingerprint density at radius 2 is 1.70 bits per heavy atom. The van der Waals surface area contributed by atoms with Crippen molar-refractivity contribution in [3.05, 3.63) is 75.8 Å². The normalized spacial score (nSPS) is 10.9. The first-order valence-electron chi connectivity index (χ1n) is 6.34. The van der Waals surface area contributed by atoms with E-state index in [1.807, 2.05) is 42.5 Å². The van der Waals surface area contributed by atoms with E-state index >= 15 is 0 Å². The Hall–Kier alpha value is -1.57. The molecule has 0 aliphatic heterocycles. The molecule has 2 aromatic rings. The maximum absolute atomic E-state index is 11.8. The number of hydrogen-bond donors (Lipinski definition) is 0. The average Bonchev–Trinajstić information content (AvgIpc) is 2.43. The van der Waals surface area contributed by atoms with E-state index in [2.05, 4.69) is 0 Å². The smallest absolute Gasteiger partial charge is 0.156 e. The van der Waals surface area contributed by atoms with Gasteiger partial charge in [0.25, 0.3) is 0 Å². The van der Waals surface area contributed by atoms with Crippen LogP contribution in [0.25, 0.3) is 6.08 Å². The maximum Gasteiger partial charge on any atom is 0.156 e. The predicted molar refractivity (Wildman–Crippen MR) is 85.3 cm³/mol. The molecule has 2 aromatic carbocycles. The minimum Gasteiger partial charge on any atom is -0.295 e. The number of hydrogen-bond acceptors (Lipinski definition) is 1. The van der Waals surface area contributed by atoms with Crippen LogP contribution in [0.4, 0.5) is 0 Å². The van der Waals surface area contributed by atoms with Gasteiger partial charge in [-0.15, -0.1) is 0 Å². The summed E-state index contributed by atoms with van der Waals surface area (Å²) in [5.41, 5.74) is 2.00. The number of rotatable bonds is 5. The van der Waals surface area contributed by atoms with E-state index in [0.717, 1.165) is 11.1 Å². The molecule has 0 amide bonds. The van der Waals surface area contributed by atoms with Crippen LogP contribution in [-0.4, -0.2) is 5.78 Å². The third kappa shape index (κ3) is 4.84. The third-order valence-corrected chi connectivity index (χ3v) is 3.33. The summed E-state index contributed by atoms with van der Waals surface area (Å²) in [7, 11) is 0. The first kappa shape index (κ1) is 14.8. The Balaban J connectivity index is 1.89. The predicted octanol–water partition coefficient (Wildman–Crippen LogP) is 5.21. The number of allylic oxidation sites excluding steroid dienone is 1. The van der Waals surface area contributed by atoms with Crippen molar-refractivity contribution in [1.29, 1.82) is 0 Å². The van der Waals surface area contributed by atoms with E-state index in [4.69, 9.17) is 23.2 Å². The Kier molecular flexibility index (Phi) is 5.40. The lowest BCUT2D eigenvalue weighted by molar-refractivity contribution is -0.114. The summed E-state index contributed by atoms with van der Waals surface area (Å²) >= 11 is 11.8. The molecule has 1 nitrogen and oxygen atoms in total. The fourth-order valence-electron chi connectivity index (χ4n) is 1.84. The van der Waals surface area contributed by atoms with Crippen LogP contribution in [0.3, 0.4) is 0 Å². The van der Waals surface area contributed by atoms with Crippen molar-refractivity contribution in [1.82, 2.24) is 0 Å². The Morgan fingerprint density at radius 1 is 1.00 bits per heavy atom. The molecule has 0 fully saturated rings. The first-order valence-corrected chi connectivity index (χ1v) is 7.10. The van der Waals surface area contributed by atoms with Gasteiger partial charge in [-0.3, -0.25) is 4.79 Å². The summed E-state index contributed by atoms with van der Waals surface area (Å²) in [5.74, 6) is 0.0879. The van der Waals surface area contributed by atoms with Gasteiger partial charge in [0.05, 0.1) is 0 Å². The summed E-state index contributed by atoms with van der Waals surface area (Å²) in [6.45, 7) is 0. The molecule has 0 bridgehead atoms. The molecule has 0 saturated carbocycles. The van der Waals surface area contributed by atoms with Gasteiger partial charge in [-0.25, -0.2) is 0 Å². The van der Waals surface area contributed by atoms with Crippen molar-refractivity contribution in [3.8, 4) is 0 Å². The number of carbonyl (C=O) groups is 1. The van der Waals surface area contributed by atoms with Gasteiger partial charge < -0.3 is 0 Å². The highest BCUT2D eigenvalue weighted by Gasteiger charge is 2.00. The maximum atomic E-state index is 11.8. The van der Waals surface area contributed by atoms with E-state index in [1.165, 1.54) is 0 Å². The molecule has 0 saturated heterocycles. The van der Waals surface area contributed by atoms with Gasteiger partial charge in [-0.05, 0) is 47.9 Å². The molecule has 20 heavy (non-hydrogen) atoms. The fourth-order valence-corrected chi connectivity index (χ4v) is 2.25. The topological polar surface area (TPSA) is 17.1 Å². The van der Waals surface area contributed by atoms with Crippen LogP contribution in [0.2, 0.25) is 10.0 Å². The van der Waals surface area contributed by atoms with E-state index in [9.17, 15) is 4.79 Å². The highest BCUT2D eigenvalue weighted by atomic mass is 35.5.